The highest BCUT2D eigenvalue weighted by atomic mass is 32.2. The van der Waals surface area contributed by atoms with Gasteiger partial charge in [-0.3, -0.25) is 4.79 Å². The molecule has 9 nitrogen and oxygen atoms in total. The second kappa shape index (κ2) is 7.27. The van der Waals surface area contributed by atoms with Gasteiger partial charge in [0.2, 0.25) is 15.9 Å². The van der Waals surface area contributed by atoms with E-state index in [4.69, 9.17) is 8.94 Å². The number of sulfonamides is 1. The molecule has 2 aromatic heterocycles. The minimum absolute atomic E-state index is 0.122. The van der Waals surface area contributed by atoms with Crippen LogP contribution in [0, 0.1) is 26.7 Å². The number of rotatable bonds is 4. The molecular weight excluding hydrogens is 396 g/mol. The molecule has 1 N–H and O–H groups in total. The number of fused-ring (bicyclic) bond motifs is 1. The van der Waals surface area contributed by atoms with Gasteiger partial charge in [0.25, 0.3) is 0 Å². The van der Waals surface area contributed by atoms with Crippen molar-refractivity contribution in [1.29, 1.82) is 0 Å². The number of amides is 1. The summed E-state index contributed by atoms with van der Waals surface area (Å²) in [6.45, 7) is 5.50. The molecule has 1 aliphatic heterocycles. The quantitative estimate of drug-likeness (QED) is 0.692. The Morgan fingerprint density at radius 1 is 1.21 bits per heavy atom. The summed E-state index contributed by atoms with van der Waals surface area (Å²) in [7, 11) is -3.68. The lowest BCUT2D eigenvalue weighted by Crippen LogP contribution is -2.41. The Hall–Kier alpha value is -2.72. The van der Waals surface area contributed by atoms with Gasteiger partial charge in [0.1, 0.15) is 16.1 Å². The second-order valence-electron chi connectivity index (χ2n) is 7.24. The third kappa shape index (κ3) is 3.65. The van der Waals surface area contributed by atoms with Gasteiger partial charge >= 0.3 is 0 Å². The number of anilines is 1. The SMILES string of the molecule is Cc1nc2cc(NC(=O)C3CCN(S(=O)(=O)c4c(C)noc4C)CC3)ccc2o1. The fourth-order valence-corrected chi connectivity index (χ4v) is 5.46. The summed E-state index contributed by atoms with van der Waals surface area (Å²) >= 11 is 0. The van der Waals surface area contributed by atoms with Gasteiger partial charge in [0.05, 0.1) is 0 Å². The molecule has 0 saturated carbocycles. The molecule has 0 atom stereocenters. The van der Waals surface area contributed by atoms with Crippen LogP contribution in [0.2, 0.25) is 0 Å². The molecule has 29 heavy (non-hydrogen) atoms. The van der Waals surface area contributed by atoms with Crippen LogP contribution in [-0.4, -0.2) is 41.9 Å². The molecule has 1 fully saturated rings. The molecule has 0 aliphatic carbocycles. The van der Waals surface area contributed by atoms with Crippen LogP contribution in [0.4, 0.5) is 5.69 Å². The number of aromatic nitrogens is 2. The van der Waals surface area contributed by atoms with Gasteiger partial charge in [0.15, 0.2) is 17.2 Å². The standard InChI is InChI=1S/C19H22N4O5S/c1-11-18(12(2)28-22-11)29(25,26)23-8-6-14(7-9-23)19(24)21-15-4-5-17-16(10-15)20-13(3)27-17/h4-5,10,14H,6-9H2,1-3H3,(H,21,24). The van der Waals surface area contributed by atoms with Crippen LogP contribution in [0.3, 0.4) is 0 Å². The zero-order chi connectivity index (χ0) is 20.8. The fourth-order valence-electron chi connectivity index (χ4n) is 3.70. The summed E-state index contributed by atoms with van der Waals surface area (Å²) in [6.07, 6.45) is 0.888. The first-order valence-electron chi connectivity index (χ1n) is 9.37. The number of hydrogen-bond donors (Lipinski definition) is 1. The lowest BCUT2D eigenvalue weighted by molar-refractivity contribution is -0.120. The molecule has 0 bridgehead atoms. The highest BCUT2D eigenvalue weighted by Crippen LogP contribution is 2.28. The maximum Gasteiger partial charge on any atom is 0.248 e. The van der Waals surface area contributed by atoms with E-state index in [1.807, 2.05) is 0 Å². The van der Waals surface area contributed by atoms with Crippen LogP contribution in [0.1, 0.15) is 30.2 Å². The van der Waals surface area contributed by atoms with Crippen molar-refractivity contribution in [2.45, 2.75) is 38.5 Å². The molecule has 4 rings (SSSR count). The molecule has 1 saturated heterocycles. The van der Waals surface area contributed by atoms with E-state index in [1.54, 1.807) is 39.0 Å². The topological polar surface area (TPSA) is 119 Å². The van der Waals surface area contributed by atoms with Gasteiger partial charge in [-0.2, -0.15) is 4.31 Å². The highest BCUT2D eigenvalue weighted by Gasteiger charge is 2.35. The lowest BCUT2D eigenvalue weighted by Gasteiger charge is -2.30. The van der Waals surface area contributed by atoms with E-state index in [0.29, 0.717) is 41.2 Å². The summed E-state index contributed by atoms with van der Waals surface area (Å²) in [5.41, 5.74) is 2.33. The second-order valence-corrected chi connectivity index (χ2v) is 9.11. The molecular formula is C19H22N4O5S. The Labute approximate surface area is 168 Å². The van der Waals surface area contributed by atoms with Crippen LogP contribution >= 0.6 is 0 Å². The third-order valence-electron chi connectivity index (χ3n) is 5.15. The summed E-state index contributed by atoms with van der Waals surface area (Å²) in [5.74, 6) is 0.455. The normalized spacial score (nSPS) is 16.4. The van der Waals surface area contributed by atoms with Gasteiger partial charge < -0.3 is 14.3 Å². The maximum atomic E-state index is 12.9. The van der Waals surface area contributed by atoms with Crippen molar-refractivity contribution in [3.8, 4) is 0 Å². The van der Waals surface area contributed by atoms with Crippen molar-refractivity contribution in [2.75, 3.05) is 18.4 Å². The van der Waals surface area contributed by atoms with Crippen LogP contribution in [0.5, 0.6) is 0 Å². The van der Waals surface area contributed by atoms with Crippen molar-refractivity contribution in [2.24, 2.45) is 5.92 Å². The minimum Gasteiger partial charge on any atom is -0.441 e. The van der Waals surface area contributed by atoms with Crippen molar-refractivity contribution in [1.82, 2.24) is 14.4 Å². The molecule has 3 heterocycles. The number of oxazole rings is 1. The summed E-state index contributed by atoms with van der Waals surface area (Å²) in [4.78, 5) is 17.0. The molecule has 1 aromatic carbocycles. The van der Waals surface area contributed by atoms with Crippen LogP contribution < -0.4 is 5.32 Å². The van der Waals surface area contributed by atoms with E-state index < -0.39 is 10.0 Å². The molecule has 0 unspecified atom stereocenters. The average Bonchev–Trinajstić information content (AvgIpc) is 3.22. The first-order chi connectivity index (χ1) is 13.8. The Morgan fingerprint density at radius 2 is 1.93 bits per heavy atom. The zero-order valence-corrected chi connectivity index (χ0v) is 17.2. The highest BCUT2D eigenvalue weighted by molar-refractivity contribution is 7.89. The molecule has 1 aliphatic rings. The average molecular weight is 418 g/mol. The minimum atomic E-state index is -3.68. The number of carbonyl (C=O) groups excluding carboxylic acids is 1. The summed E-state index contributed by atoms with van der Waals surface area (Å²) in [5, 5.41) is 6.63. The van der Waals surface area contributed by atoms with Gasteiger partial charge in [-0.1, -0.05) is 5.16 Å². The number of carbonyl (C=O) groups is 1. The van der Waals surface area contributed by atoms with Crippen molar-refractivity contribution >= 4 is 32.7 Å². The number of piperidine rings is 1. The number of nitrogens with one attached hydrogen (secondary N) is 1. The fraction of sp³-hybridized carbons (Fsp3) is 0.421. The van der Waals surface area contributed by atoms with Gasteiger partial charge in [0, 0.05) is 31.6 Å². The van der Waals surface area contributed by atoms with E-state index in [2.05, 4.69) is 15.5 Å². The maximum absolute atomic E-state index is 12.9. The molecule has 0 radical (unpaired) electrons. The number of benzene rings is 1. The van der Waals surface area contributed by atoms with Gasteiger partial charge in [-0.25, -0.2) is 13.4 Å². The predicted octanol–water partition coefficient (Wildman–Crippen LogP) is 2.78. The van der Waals surface area contributed by atoms with Crippen molar-refractivity contribution < 1.29 is 22.2 Å². The van der Waals surface area contributed by atoms with E-state index in [-0.39, 0.29) is 35.6 Å². The van der Waals surface area contributed by atoms with Crippen LogP contribution in [0.25, 0.3) is 11.1 Å². The van der Waals surface area contributed by atoms with Gasteiger partial charge in [-0.15, -0.1) is 0 Å². The van der Waals surface area contributed by atoms with E-state index in [1.165, 1.54) is 4.31 Å². The monoisotopic (exact) mass is 418 g/mol. The Bertz CT molecular complexity index is 1150. The Morgan fingerprint density at radius 3 is 2.59 bits per heavy atom. The van der Waals surface area contributed by atoms with Gasteiger partial charge in [-0.05, 0) is 44.9 Å². The number of aryl methyl sites for hydroxylation is 3. The third-order valence-corrected chi connectivity index (χ3v) is 7.30. The van der Waals surface area contributed by atoms with E-state index >= 15 is 0 Å². The van der Waals surface area contributed by atoms with E-state index in [9.17, 15) is 13.2 Å². The largest absolute Gasteiger partial charge is 0.441 e. The molecule has 154 valence electrons. The first-order valence-corrected chi connectivity index (χ1v) is 10.8. The van der Waals surface area contributed by atoms with Crippen LogP contribution in [-0.2, 0) is 14.8 Å². The predicted molar refractivity (Wildman–Crippen MR) is 105 cm³/mol. The number of hydrogen-bond acceptors (Lipinski definition) is 7. The van der Waals surface area contributed by atoms with E-state index in [0.717, 1.165) is 0 Å². The summed E-state index contributed by atoms with van der Waals surface area (Å²) in [6, 6.07) is 5.30. The molecule has 0 spiro atoms. The zero-order valence-electron chi connectivity index (χ0n) is 16.4. The van der Waals surface area contributed by atoms with Crippen LogP contribution in [0.15, 0.2) is 32.0 Å². The summed E-state index contributed by atoms with van der Waals surface area (Å²) < 4.78 is 37.6. The Kier molecular flexibility index (Phi) is 4.91. The first kappa shape index (κ1) is 19.6. The Balaban J connectivity index is 1.41. The lowest BCUT2D eigenvalue weighted by atomic mass is 9.97. The van der Waals surface area contributed by atoms with Crippen molar-refractivity contribution in [3.63, 3.8) is 0 Å². The molecule has 1 amide bonds. The molecule has 3 aromatic rings. The smallest absolute Gasteiger partial charge is 0.248 e. The van der Waals surface area contributed by atoms with Crippen molar-refractivity contribution in [3.05, 3.63) is 35.5 Å². The molecule has 10 heteroatoms. The number of nitrogens with zero attached hydrogens (tertiary/aromatic N) is 3.